The highest BCUT2D eigenvalue weighted by molar-refractivity contribution is 5.50. The van der Waals surface area contributed by atoms with E-state index >= 15 is 0 Å². The van der Waals surface area contributed by atoms with Gasteiger partial charge in [0.1, 0.15) is 11.6 Å². The van der Waals surface area contributed by atoms with E-state index in [9.17, 15) is 8.78 Å². The Morgan fingerprint density at radius 1 is 1.25 bits per heavy atom. The Kier molecular flexibility index (Phi) is 3.44. The molecule has 1 unspecified atom stereocenters. The Bertz CT molecular complexity index is 513. The minimum Gasteiger partial charge on any atom is -0.367 e. The number of anilines is 1. The van der Waals surface area contributed by atoms with Crippen LogP contribution < -0.4 is 10.2 Å². The third-order valence-electron chi connectivity index (χ3n) is 4.70. The van der Waals surface area contributed by atoms with Crippen molar-refractivity contribution in [2.75, 3.05) is 24.5 Å². The number of nitrogens with one attached hydrogen (secondary N) is 1. The van der Waals surface area contributed by atoms with Crippen molar-refractivity contribution in [3.63, 3.8) is 0 Å². The third-order valence-corrected chi connectivity index (χ3v) is 4.70. The van der Waals surface area contributed by atoms with Crippen LogP contribution in [-0.4, -0.2) is 25.2 Å². The van der Waals surface area contributed by atoms with E-state index in [0.29, 0.717) is 17.2 Å². The molecule has 1 saturated carbocycles. The Balaban J connectivity index is 1.90. The topological polar surface area (TPSA) is 15.3 Å². The van der Waals surface area contributed by atoms with Crippen LogP contribution in [-0.2, 0) is 0 Å². The standard InChI is InChI=1S/C16H22F2N2/c1-11-8-14(18)15(9-13(11)17)20-7-3-6-19-16(2,10-20)12-4-5-12/h8-9,12,19H,3-7,10H2,1-2H3. The van der Waals surface area contributed by atoms with E-state index in [0.717, 1.165) is 26.1 Å². The van der Waals surface area contributed by atoms with Gasteiger partial charge in [-0.3, -0.25) is 0 Å². The summed E-state index contributed by atoms with van der Waals surface area (Å²) in [6.45, 7) is 6.28. The fourth-order valence-corrected chi connectivity index (χ4v) is 3.25. The number of aryl methyl sites for hydroxylation is 1. The van der Waals surface area contributed by atoms with Gasteiger partial charge in [0, 0.05) is 24.7 Å². The van der Waals surface area contributed by atoms with Crippen molar-refractivity contribution in [3.05, 3.63) is 29.3 Å². The monoisotopic (exact) mass is 280 g/mol. The predicted molar refractivity (Wildman–Crippen MR) is 77.1 cm³/mol. The van der Waals surface area contributed by atoms with Gasteiger partial charge in [-0.15, -0.1) is 0 Å². The number of halogens is 2. The molecule has 0 spiro atoms. The van der Waals surface area contributed by atoms with Crippen molar-refractivity contribution in [2.45, 2.75) is 38.6 Å². The maximum atomic E-state index is 14.2. The Labute approximate surface area is 119 Å². The lowest BCUT2D eigenvalue weighted by Crippen LogP contribution is -2.51. The van der Waals surface area contributed by atoms with Gasteiger partial charge in [-0.05, 0) is 57.2 Å². The summed E-state index contributed by atoms with van der Waals surface area (Å²) in [6.07, 6.45) is 3.43. The summed E-state index contributed by atoms with van der Waals surface area (Å²) < 4.78 is 28.0. The van der Waals surface area contributed by atoms with Gasteiger partial charge in [0.15, 0.2) is 0 Å². The first-order chi connectivity index (χ1) is 9.49. The van der Waals surface area contributed by atoms with Gasteiger partial charge in [-0.1, -0.05) is 0 Å². The van der Waals surface area contributed by atoms with Crippen LogP contribution in [0.2, 0.25) is 0 Å². The minimum absolute atomic E-state index is 0.0182. The molecule has 2 fully saturated rings. The average molecular weight is 280 g/mol. The van der Waals surface area contributed by atoms with Crippen LogP contribution in [0.4, 0.5) is 14.5 Å². The number of nitrogens with zero attached hydrogens (tertiary/aromatic N) is 1. The summed E-state index contributed by atoms with van der Waals surface area (Å²) in [4.78, 5) is 2.01. The lowest BCUT2D eigenvalue weighted by atomic mass is 9.95. The van der Waals surface area contributed by atoms with Crippen LogP contribution in [0.25, 0.3) is 0 Å². The molecular weight excluding hydrogens is 258 g/mol. The van der Waals surface area contributed by atoms with Gasteiger partial charge >= 0.3 is 0 Å². The molecule has 0 aromatic heterocycles. The Morgan fingerprint density at radius 2 is 2.00 bits per heavy atom. The molecule has 1 N–H and O–H groups in total. The number of benzene rings is 1. The fourth-order valence-electron chi connectivity index (χ4n) is 3.25. The maximum absolute atomic E-state index is 14.2. The van der Waals surface area contributed by atoms with E-state index in [1.165, 1.54) is 25.0 Å². The van der Waals surface area contributed by atoms with Gasteiger partial charge in [0.2, 0.25) is 0 Å². The highest BCUT2D eigenvalue weighted by Gasteiger charge is 2.43. The molecule has 1 aromatic carbocycles. The zero-order valence-electron chi connectivity index (χ0n) is 12.2. The molecule has 2 nitrogen and oxygen atoms in total. The lowest BCUT2D eigenvalue weighted by Gasteiger charge is -2.35. The molecule has 1 saturated heterocycles. The molecule has 1 atom stereocenters. The summed E-state index contributed by atoms with van der Waals surface area (Å²) in [5, 5.41) is 3.61. The highest BCUT2D eigenvalue weighted by atomic mass is 19.1. The normalized spacial score (nSPS) is 27.5. The molecule has 1 aliphatic carbocycles. The average Bonchev–Trinajstić information content (AvgIpc) is 3.21. The van der Waals surface area contributed by atoms with Crippen molar-refractivity contribution in [1.82, 2.24) is 5.32 Å². The molecule has 0 bridgehead atoms. The molecule has 0 radical (unpaired) electrons. The second-order valence-corrected chi connectivity index (χ2v) is 6.45. The van der Waals surface area contributed by atoms with Crippen LogP contribution in [0.15, 0.2) is 12.1 Å². The summed E-state index contributed by atoms with van der Waals surface area (Å²) in [7, 11) is 0. The first-order valence-electron chi connectivity index (χ1n) is 7.45. The predicted octanol–water partition coefficient (Wildman–Crippen LogP) is 3.24. The molecule has 2 aliphatic rings. The second kappa shape index (κ2) is 4.99. The van der Waals surface area contributed by atoms with Gasteiger partial charge in [0.25, 0.3) is 0 Å². The third kappa shape index (κ3) is 2.53. The van der Waals surface area contributed by atoms with E-state index < -0.39 is 0 Å². The molecule has 1 aliphatic heterocycles. The zero-order valence-corrected chi connectivity index (χ0v) is 12.2. The van der Waals surface area contributed by atoms with Crippen LogP contribution >= 0.6 is 0 Å². The summed E-state index contributed by atoms with van der Waals surface area (Å²) in [5.41, 5.74) is 0.789. The fraction of sp³-hybridized carbons (Fsp3) is 0.625. The molecule has 20 heavy (non-hydrogen) atoms. The molecule has 1 heterocycles. The largest absolute Gasteiger partial charge is 0.367 e. The first kappa shape index (κ1) is 13.8. The Morgan fingerprint density at radius 3 is 2.70 bits per heavy atom. The van der Waals surface area contributed by atoms with Gasteiger partial charge in [-0.2, -0.15) is 0 Å². The second-order valence-electron chi connectivity index (χ2n) is 6.45. The van der Waals surface area contributed by atoms with Crippen LogP contribution in [0, 0.1) is 24.5 Å². The number of hydrogen-bond acceptors (Lipinski definition) is 2. The maximum Gasteiger partial charge on any atom is 0.146 e. The molecule has 110 valence electrons. The van der Waals surface area contributed by atoms with Crippen LogP contribution in [0.1, 0.15) is 31.7 Å². The zero-order chi connectivity index (χ0) is 14.3. The van der Waals surface area contributed by atoms with Crippen molar-refractivity contribution in [1.29, 1.82) is 0 Å². The van der Waals surface area contributed by atoms with Crippen LogP contribution in [0.3, 0.4) is 0 Å². The summed E-state index contributed by atoms with van der Waals surface area (Å²) in [6, 6.07) is 2.65. The lowest BCUT2D eigenvalue weighted by molar-refractivity contribution is 0.331. The summed E-state index contributed by atoms with van der Waals surface area (Å²) >= 11 is 0. The van der Waals surface area contributed by atoms with E-state index in [2.05, 4.69) is 12.2 Å². The molecule has 0 amide bonds. The molecule has 3 rings (SSSR count). The van der Waals surface area contributed by atoms with E-state index in [4.69, 9.17) is 0 Å². The molecule has 4 heteroatoms. The van der Waals surface area contributed by atoms with Gasteiger partial charge in [-0.25, -0.2) is 8.78 Å². The van der Waals surface area contributed by atoms with Crippen LogP contribution in [0.5, 0.6) is 0 Å². The molecular formula is C16H22F2N2. The van der Waals surface area contributed by atoms with E-state index in [1.807, 2.05) is 4.90 Å². The quantitative estimate of drug-likeness (QED) is 0.894. The number of hydrogen-bond donors (Lipinski definition) is 1. The minimum atomic E-state index is -0.327. The highest BCUT2D eigenvalue weighted by Crippen LogP contribution is 2.41. The summed E-state index contributed by atoms with van der Waals surface area (Å²) in [5.74, 6) is 0.0251. The van der Waals surface area contributed by atoms with E-state index in [-0.39, 0.29) is 17.2 Å². The molecule has 1 aromatic rings. The van der Waals surface area contributed by atoms with Crippen molar-refractivity contribution in [3.8, 4) is 0 Å². The first-order valence-corrected chi connectivity index (χ1v) is 7.45. The Hall–Kier alpha value is -1.16. The van der Waals surface area contributed by atoms with Gasteiger partial charge < -0.3 is 10.2 Å². The SMILES string of the molecule is Cc1cc(F)c(N2CCCNC(C)(C3CC3)C2)cc1F. The van der Waals surface area contributed by atoms with Crippen molar-refractivity contribution in [2.24, 2.45) is 5.92 Å². The smallest absolute Gasteiger partial charge is 0.146 e. The van der Waals surface area contributed by atoms with Gasteiger partial charge in [0.05, 0.1) is 5.69 Å². The number of rotatable bonds is 2. The van der Waals surface area contributed by atoms with E-state index in [1.54, 1.807) is 6.92 Å². The van der Waals surface area contributed by atoms with Crippen molar-refractivity contribution < 1.29 is 8.78 Å². The van der Waals surface area contributed by atoms with Crippen molar-refractivity contribution >= 4 is 5.69 Å².